The predicted molar refractivity (Wildman–Crippen MR) is 63.7 cm³/mol. The molecule has 0 fully saturated rings. The fraction of sp³-hybridized carbons (Fsp3) is 0.500. The summed E-state index contributed by atoms with van der Waals surface area (Å²) < 4.78 is 0. The third-order valence-electron chi connectivity index (χ3n) is 2.38. The van der Waals surface area contributed by atoms with Gasteiger partial charge in [-0.15, -0.1) is 0 Å². The van der Waals surface area contributed by atoms with E-state index < -0.39 is 0 Å². The van der Waals surface area contributed by atoms with Crippen LogP contribution in [0.15, 0.2) is 24.3 Å². The van der Waals surface area contributed by atoms with Gasteiger partial charge in [0.1, 0.15) is 0 Å². The lowest BCUT2D eigenvalue weighted by atomic mass is 10.1. The number of rotatable bonds is 5. The number of hydrogen-bond donors (Lipinski definition) is 0. The van der Waals surface area contributed by atoms with Crippen molar-refractivity contribution in [2.75, 3.05) is 0 Å². The van der Waals surface area contributed by atoms with Gasteiger partial charge in [-0.2, -0.15) is 0 Å². The molecule has 0 nitrogen and oxygen atoms in total. The van der Waals surface area contributed by atoms with Gasteiger partial charge in [-0.3, -0.25) is 0 Å². The minimum Gasteiger partial charge on any atom is -0.0680 e. The highest BCUT2D eigenvalue weighted by atomic mass is 28.2. The summed E-state index contributed by atoms with van der Waals surface area (Å²) in [7, 11) is 0.0638. The van der Waals surface area contributed by atoms with Crippen LogP contribution in [0.5, 0.6) is 0 Å². The fourth-order valence-corrected chi connectivity index (χ4v) is 2.69. The highest BCUT2D eigenvalue weighted by Crippen LogP contribution is 2.02. The maximum atomic E-state index is 2.33. The molecule has 0 unspecified atom stereocenters. The second-order valence-corrected chi connectivity index (χ2v) is 5.99. The third kappa shape index (κ3) is 3.77. The van der Waals surface area contributed by atoms with Gasteiger partial charge in [0, 0.05) is 0 Å². The van der Waals surface area contributed by atoms with E-state index in [0.29, 0.717) is 0 Å². The minimum atomic E-state index is 0.0638. The Morgan fingerprint density at radius 3 is 2.31 bits per heavy atom. The molecule has 0 bridgehead atoms. The highest BCUT2D eigenvalue weighted by Gasteiger charge is 1.93. The molecule has 0 saturated heterocycles. The first kappa shape index (κ1) is 10.5. The first-order chi connectivity index (χ1) is 6.36. The Kier molecular flexibility index (Phi) is 4.84. The average molecular weight is 192 g/mol. The predicted octanol–water partition coefficient (Wildman–Crippen LogP) is 2.26. The molecule has 0 N–H and O–H groups in total. The van der Waals surface area contributed by atoms with Crippen molar-refractivity contribution in [2.24, 2.45) is 0 Å². The zero-order valence-corrected chi connectivity index (χ0v) is 10.3. The van der Waals surface area contributed by atoms with Gasteiger partial charge in [-0.25, -0.2) is 0 Å². The Bertz CT molecular complexity index is 225. The molecule has 0 saturated carbocycles. The standard InChI is InChI=1S/C12H20Si/c1-3-5-6-11-7-9-12(10-8-11)13-4-2/h7-10H,3-6,13H2,1-2H3. The lowest BCUT2D eigenvalue weighted by Gasteiger charge is -2.01. The average Bonchev–Trinajstić information content (AvgIpc) is 2.17. The van der Waals surface area contributed by atoms with E-state index in [1.165, 1.54) is 30.9 Å². The summed E-state index contributed by atoms with van der Waals surface area (Å²) in [4.78, 5) is 0. The molecule has 1 aromatic rings. The van der Waals surface area contributed by atoms with Crippen molar-refractivity contribution in [3.63, 3.8) is 0 Å². The van der Waals surface area contributed by atoms with E-state index in [1.54, 1.807) is 5.19 Å². The van der Waals surface area contributed by atoms with E-state index in [9.17, 15) is 0 Å². The summed E-state index contributed by atoms with van der Waals surface area (Å²) in [6.07, 6.45) is 3.88. The molecule has 72 valence electrons. The number of unbranched alkanes of at least 4 members (excludes halogenated alkanes) is 1. The highest BCUT2D eigenvalue weighted by molar-refractivity contribution is 6.53. The molecule has 1 rings (SSSR count). The van der Waals surface area contributed by atoms with E-state index in [1.807, 2.05) is 0 Å². The molecule has 0 heterocycles. The van der Waals surface area contributed by atoms with Crippen LogP contribution in [0.4, 0.5) is 0 Å². The summed E-state index contributed by atoms with van der Waals surface area (Å²) in [5.74, 6) is 0. The molecule has 0 aliphatic carbocycles. The van der Waals surface area contributed by atoms with Crippen LogP contribution in [0.3, 0.4) is 0 Å². The molecule has 0 aromatic heterocycles. The Balaban J connectivity index is 2.48. The number of aryl methyl sites for hydroxylation is 1. The molecule has 13 heavy (non-hydrogen) atoms. The van der Waals surface area contributed by atoms with Crippen LogP contribution in [-0.2, 0) is 6.42 Å². The first-order valence-corrected chi connectivity index (χ1v) is 7.15. The molecule has 1 heteroatoms. The molecule has 0 atom stereocenters. The third-order valence-corrected chi connectivity index (χ3v) is 3.93. The van der Waals surface area contributed by atoms with E-state index >= 15 is 0 Å². The van der Waals surface area contributed by atoms with Crippen molar-refractivity contribution in [1.29, 1.82) is 0 Å². The summed E-state index contributed by atoms with van der Waals surface area (Å²) in [5.41, 5.74) is 1.51. The maximum Gasteiger partial charge on any atom is 0.0544 e. The maximum absolute atomic E-state index is 2.33. The first-order valence-electron chi connectivity index (χ1n) is 5.44. The summed E-state index contributed by atoms with van der Waals surface area (Å²) >= 11 is 0. The van der Waals surface area contributed by atoms with E-state index in [-0.39, 0.29) is 9.52 Å². The van der Waals surface area contributed by atoms with Gasteiger partial charge >= 0.3 is 0 Å². The monoisotopic (exact) mass is 192 g/mol. The number of hydrogen-bond acceptors (Lipinski definition) is 0. The molecule has 0 radical (unpaired) electrons. The van der Waals surface area contributed by atoms with Crippen LogP contribution in [0.25, 0.3) is 0 Å². The molecule has 1 aromatic carbocycles. The van der Waals surface area contributed by atoms with Gasteiger partial charge in [0.15, 0.2) is 0 Å². The molecule has 0 spiro atoms. The van der Waals surface area contributed by atoms with Gasteiger partial charge in [0.05, 0.1) is 9.52 Å². The zero-order valence-electron chi connectivity index (χ0n) is 8.84. The largest absolute Gasteiger partial charge is 0.0680 e. The summed E-state index contributed by atoms with van der Waals surface area (Å²) in [6.45, 7) is 4.54. The van der Waals surface area contributed by atoms with Crippen molar-refractivity contribution in [1.82, 2.24) is 0 Å². The molecule has 0 amide bonds. The molecular formula is C12H20Si. The second kappa shape index (κ2) is 5.98. The minimum absolute atomic E-state index is 0.0638. The van der Waals surface area contributed by atoms with Crippen LogP contribution in [0.1, 0.15) is 32.3 Å². The zero-order chi connectivity index (χ0) is 9.52. The topological polar surface area (TPSA) is 0 Å². The van der Waals surface area contributed by atoms with Crippen molar-refractivity contribution in [3.05, 3.63) is 29.8 Å². The van der Waals surface area contributed by atoms with Crippen LogP contribution in [0.2, 0.25) is 6.04 Å². The van der Waals surface area contributed by atoms with Gasteiger partial charge < -0.3 is 0 Å². The molecular weight excluding hydrogens is 172 g/mol. The summed E-state index contributed by atoms with van der Waals surface area (Å²) in [5, 5.41) is 1.61. The summed E-state index contributed by atoms with van der Waals surface area (Å²) in [6, 6.07) is 10.7. The second-order valence-electron chi connectivity index (χ2n) is 3.67. The Morgan fingerprint density at radius 2 is 1.77 bits per heavy atom. The Morgan fingerprint density at radius 1 is 1.08 bits per heavy atom. The van der Waals surface area contributed by atoms with Crippen LogP contribution < -0.4 is 5.19 Å². The normalized spacial score (nSPS) is 11.2. The lowest BCUT2D eigenvalue weighted by molar-refractivity contribution is 0.795. The van der Waals surface area contributed by atoms with Crippen molar-refractivity contribution < 1.29 is 0 Å². The van der Waals surface area contributed by atoms with Gasteiger partial charge in [0.25, 0.3) is 0 Å². The smallest absolute Gasteiger partial charge is 0.0544 e. The van der Waals surface area contributed by atoms with Gasteiger partial charge in [-0.1, -0.05) is 55.8 Å². The SMILES string of the molecule is CCCCc1ccc([SiH2]CC)cc1. The quantitative estimate of drug-likeness (QED) is 0.628. The van der Waals surface area contributed by atoms with Crippen LogP contribution >= 0.6 is 0 Å². The van der Waals surface area contributed by atoms with Crippen molar-refractivity contribution in [3.8, 4) is 0 Å². The van der Waals surface area contributed by atoms with E-state index in [2.05, 4.69) is 38.1 Å². The van der Waals surface area contributed by atoms with Gasteiger partial charge in [0.2, 0.25) is 0 Å². The fourth-order valence-electron chi connectivity index (χ4n) is 1.54. The van der Waals surface area contributed by atoms with Crippen LogP contribution in [-0.4, -0.2) is 9.52 Å². The van der Waals surface area contributed by atoms with E-state index in [0.717, 1.165) is 0 Å². The molecule has 0 aliphatic heterocycles. The number of benzene rings is 1. The van der Waals surface area contributed by atoms with Crippen molar-refractivity contribution in [2.45, 2.75) is 39.2 Å². The molecule has 0 aliphatic rings. The Hall–Kier alpha value is -0.563. The Labute approximate surface area is 84.2 Å². The lowest BCUT2D eigenvalue weighted by Crippen LogP contribution is -2.11. The van der Waals surface area contributed by atoms with Gasteiger partial charge in [-0.05, 0) is 18.4 Å². The van der Waals surface area contributed by atoms with E-state index in [4.69, 9.17) is 0 Å². The van der Waals surface area contributed by atoms with Crippen LogP contribution in [0, 0.1) is 0 Å². The van der Waals surface area contributed by atoms with Crippen molar-refractivity contribution >= 4 is 14.7 Å².